The van der Waals surface area contributed by atoms with Crippen molar-refractivity contribution in [2.24, 2.45) is 0 Å². The van der Waals surface area contributed by atoms with Crippen molar-refractivity contribution in [3.05, 3.63) is 53.9 Å². The van der Waals surface area contributed by atoms with Gasteiger partial charge in [0.15, 0.2) is 0 Å². The van der Waals surface area contributed by atoms with Gasteiger partial charge >= 0.3 is 0 Å². The van der Waals surface area contributed by atoms with E-state index in [1.807, 2.05) is 62.5 Å². The Hall–Kier alpha value is -3.67. The average molecular weight is 470 g/mol. The molecule has 1 saturated heterocycles. The van der Waals surface area contributed by atoms with Crippen LogP contribution in [0, 0.1) is 12.8 Å². The number of anilines is 4. The smallest absolute Gasteiger partial charge is 0.229 e. The van der Waals surface area contributed by atoms with Crippen LogP contribution in [-0.2, 0) is 0 Å². The van der Waals surface area contributed by atoms with Crippen LogP contribution in [-0.4, -0.2) is 68.6 Å². The minimum absolute atomic E-state index is 0.165. The Balaban J connectivity index is 0.00000199. The third-order valence-electron chi connectivity index (χ3n) is 5.19. The zero-order valence-electron chi connectivity index (χ0n) is 20.1. The van der Waals surface area contributed by atoms with Gasteiger partial charge in [-0.05, 0) is 31.1 Å². The quantitative estimate of drug-likeness (QED) is 0.439. The van der Waals surface area contributed by atoms with Gasteiger partial charge in [-0.15, -0.1) is 12.8 Å². The second-order valence-electron chi connectivity index (χ2n) is 7.85. The standard InChI is InChI=1S/C23H31F2N7.C2H2/c1-18(7-6-8-19(16-24)17-25)27-20-15-22(30(2)3)29-23(28-20)32-13-11-31(12-14-32)21-9-4-5-10-26-21;1-2/h4-5,7-10,15H,6,11-14,16-17H2,1-3H3,(H,27,28,29);1-2H/b18-7+;. The number of hydrogen-bond donors (Lipinski definition) is 1. The largest absolute Gasteiger partial charge is 0.363 e. The normalized spacial score (nSPS) is 13.6. The van der Waals surface area contributed by atoms with E-state index in [-0.39, 0.29) is 5.57 Å². The van der Waals surface area contributed by atoms with Crippen molar-refractivity contribution in [1.29, 1.82) is 0 Å². The highest BCUT2D eigenvalue weighted by molar-refractivity contribution is 5.56. The number of aromatic nitrogens is 3. The summed E-state index contributed by atoms with van der Waals surface area (Å²) in [5.41, 5.74) is 1.02. The van der Waals surface area contributed by atoms with E-state index < -0.39 is 13.3 Å². The summed E-state index contributed by atoms with van der Waals surface area (Å²) >= 11 is 0. The molecule has 3 heterocycles. The molecule has 0 bridgehead atoms. The molecule has 0 amide bonds. The molecular weight excluding hydrogens is 436 g/mol. The van der Waals surface area contributed by atoms with E-state index in [9.17, 15) is 8.78 Å². The molecule has 2 aromatic rings. The van der Waals surface area contributed by atoms with E-state index >= 15 is 0 Å². The SMILES string of the molecule is C#C.C/C(=C\CC=C(CF)CF)Nc1cc(N(C)C)nc(N2CCN(c3ccccn3)CC2)n1. The van der Waals surface area contributed by atoms with Crippen molar-refractivity contribution < 1.29 is 8.78 Å². The van der Waals surface area contributed by atoms with Crippen LogP contribution in [0.1, 0.15) is 13.3 Å². The molecule has 9 heteroatoms. The summed E-state index contributed by atoms with van der Waals surface area (Å²) in [6.07, 6.45) is 13.7. The van der Waals surface area contributed by atoms with Crippen LogP contribution in [0.3, 0.4) is 0 Å². The van der Waals surface area contributed by atoms with E-state index in [4.69, 9.17) is 9.97 Å². The monoisotopic (exact) mass is 469 g/mol. The molecule has 1 fully saturated rings. The van der Waals surface area contributed by atoms with Gasteiger partial charge < -0.3 is 20.0 Å². The lowest BCUT2D eigenvalue weighted by atomic mass is 10.2. The van der Waals surface area contributed by atoms with Gasteiger partial charge in [-0.2, -0.15) is 9.97 Å². The predicted molar refractivity (Wildman–Crippen MR) is 137 cm³/mol. The summed E-state index contributed by atoms with van der Waals surface area (Å²) in [6, 6.07) is 7.82. The fourth-order valence-corrected chi connectivity index (χ4v) is 3.33. The second kappa shape index (κ2) is 13.8. The Morgan fingerprint density at radius 3 is 2.32 bits per heavy atom. The van der Waals surface area contributed by atoms with Gasteiger partial charge in [0.25, 0.3) is 0 Å². The van der Waals surface area contributed by atoms with Gasteiger partial charge in [0, 0.05) is 58.2 Å². The Kier molecular flexibility index (Phi) is 10.8. The topological polar surface area (TPSA) is 60.4 Å². The van der Waals surface area contributed by atoms with Crippen molar-refractivity contribution in [3.63, 3.8) is 0 Å². The maximum Gasteiger partial charge on any atom is 0.229 e. The molecule has 0 spiro atoms. The third kappa shape index (κ3) is 7.73. The highest BCUT2D eigenvalue weighted by Gasteiger charge is 2.21. The first-order valence-corrected chi connectivity index (χ1v) is 11.0. The zero-order valence-corrected chi connectivity index (χ0v) is 20.1. The van der Waals surface area contributed by atoms with Crippen LogP contribution in [0.5, 0.6) is 0 Å². The van der Waals surface area contributed by atoms with Crippen molar-refractivity contribution in [3.8, 4) is 12.8 Å². The number of piperazine rings is 1. The number of hydrogen-bond acceptors (Lipinski definition) is 7. The number of halogens is 2. The zero-order chi connectivity index (χ0) is 24.9. The van der Waals surface area contributed by atoms with Gasteiger partial charge in [-0.3, -0.25) is 0 Å². The van der Waals surface area contributed by atoms with Crippen molar-refractivity contribution >= 4 is 23.4 Å². The molecule has 1 N–H and O–H groups in total. The van der Waals surface area contributed by atoms with E-state index in [2.05, 4.69) is 32.9 Å². The minimum atomic E-state index is -0.758. The van der Waals surface area contributed by atoms with Gasteiger partial charge in [-0.1, -0.05) is 18.2 Å². The van der Waals surface area contributed by atoms with Crippen molar-refractivity contribution in [1.82, 2.24) is 15.0 Å². The fraction of sp³-hybridized carbons (Fsp3) is 0.400. The predicted octanol–water partition coefficient (Wildman–Crippen LogP) is 4.08. The van der Waals surface area contributed by atoms with Gasteiger partial charge in [-0.25, -0.2) is 13.8 Å². The van der Waals surface area contributed by atoms with E-state index in [0.29, 0.717) is 18.2 Å². The summed E-state index contributed by atoms with van der Waals surface area (Å²) in [4.78, 5) is 20.3. The van der Waals surface area contributed by atoms with E-state index in [1.54, 1.807) is 6.08 Å². The number of terminal acetylenes is 1. The van der Waals surface area contributed by atoms with E-state index in [1.165, 1.54) is 0 Å². The molecule has 1 aliphatic rings. The number of nitrogens with zero attached hydrogens (tertiary/aromatic N) is 6. The summed E-state index contributed by atoms with van der Waals surface area (Å²) in [7, 11) is 3.88. The average Bonchev–Trinajstić information content (AvgIpc) is 2.88. The van der Waals surface area contributed by atoms with E-state index in [0.717, 1.165) is 43.5 Å². The molecule has 1 aliphatic heterocycles. The number of rotatable bonds is 9. The van der Waals surface area contributed by atoms with Crippen LogP contribution in [0.25, 0.3) is 0 Å². The second-order valence-corrected chi connectivity index (χ2v) is 7.85. The Morgan fingerprint density at radius 2 is 1.74 bits per heavy atom. The number of pyridine rings is 1. The maximum atomic E-state index is 12.6. The molecule has 0 aliphatic carbocycles. The van der Waals surface area contributed by atoms with Crippen molar-refractivity contribution in [2.45, 2.75) is 13.3 Å². The van der Waals surface area contributed by atoms with Crippen LogP contribution >= 0.6 is 0 Å². The van der Waals surface area contributed by atoms with Crippen LogP contribution in [0.15, 0.2) is 53.9 Å². The lowest BCUT2D eigenvalue weighted by molar-refractivity contribution is 0.474. The fourth-order valence-electron chi connectivity index (χ4n) is 3.33. The molecule has 7 nitrogen and oxygen atoms in total. The molecule has 0 saturated carbocycles. The van der Waals surface area contributed by atoms with Gasteiger partial charge in [0.2, 0.25) is 5.95 Å². The number of alkyl halides is 2. The Labute approximate surface area is 201 Å². The van der Waals surface area contributed by atoms with Gasteiger partial charge in [0.1, 0.15) is 30.8 Å². The maximum absolute atomic E-state index is 12.6. The molecule has 0 aromatic carbocycles. The Morgan fingerprint density at radius 1 is 1.06 bits per heavy atom. The summed E-state index contributed by atoms with van der Waals surface area (Å²) < 4.78 is 25.2. The van der Waals surface area contributed by atoms with Gasteiger partial charge in [0.05, 0.1) is 0 Å². The molecule has 0 atom stereocenters. The summed E-state index contributed by atoms with van der Waals surface area (Å²) in [6.45, 7) is 3.65. The van der Waals surface area contributed by atoms with Crippen LogP contribution < -0.4 is 20.0 Å². The Bertz CT molecular complexity index is 960. The summed E-state index contributed by atoms with van der Waals surface area (Å²) in [5.74, 6) is 3.13. The van der Waals surface area contributed by atoms with Crippen LogP contribution in [0.2, 0.25) is 0 Å². The lowest BCUT2D eigenvalue weighted by Crippen LogP contribution is -2.47. The first kappa shape index (κ1) is 26.6. The third-order valence-corrected chi connectivity index (χ3v) is 5.19. The molecule has 3 rings (SSSR count). The molecule has 0 radical (unpaired) electrons. The molecule has 0 unspecified atom stereocenters. The molecule has 2 aromatic heterocycles. The molecule has 182 valence electrons. The lowest BCUT2D eigenvalue weighted by Gasteiger charge is -2.35. The first-order valence-electron chi connectivity index (χ1n) is 11.0. The number of nitrogens with one attached hydrogen (secondary N) is 1. The highest BCUT2D eigenvalue weighted by atomic mass is 19.1. The molecular formula is C25H33F2N7. The minimum Gasteiger partial charge on any atom is -0.363 e. The number of allylic oxidation sites excluding steroid dienone is 4. The van der Waals surface area contributed by atoms with Crippen molar-refractivity contribution in [2.75, 3.05) is 73.6 Å². The highest BCUT2D eigenvalue weighted by Crippen LogP contribution is 2.22. The first-order chi connectivity index (χ1) is 16.5. The van der Waals surface area contributed by atoms with Crippen LogP contribution in [0.4, 0.5) is 32.2 Å². The molecule has 34 heavy (non-hydrogen) atoms. The summed E-state index contributed by atoms with van der Waals surface area (Å²) in [5, 5.41) is 3.28.